The highest BCUT2D eigenvalue weighted by atomic mass is 35.5. The van der Waals surface area contributed by atoms with Crippen molar-refractivity contribution in [3.05, 3.63) is 74.7 Å². The van der Waals surface area contributed by atoms with Crippen molar-refractivity contribution in [1.82, 2.24) is 4.57 Å². The number of aromatic nitrogens is 1. The summed E-state index contributed by atoms with van der Waals surface area (Å²) in [5.74, 6) is -1.34. The minimum atomic E-state index is -0.681. The van der Waals surface area contributed by atoms with Gasteiger partial charge in [-0.05, 0) is 36.8 Å². The minimum Gasteiger partial charge on any atom is -0.461 e. The number of hydrogen-bond donors (Lipinski definition) is 0. The fourth-order valence-electron chi connectivity index (χ4n) is 2.84. The number of ether oxygens (including phenoxy) is 1. The van der Waals surface area contributed by atoms with Crippen LogP contribution in [0, 0.1) is 15.9 Å². The lowest BCUT2D eigenvalue weighted by molar-refractivity contribution is -0.383. The monoisotopic (exact) mass is 376 g/mol. The first-order valence-corrected chi connectivity index (χ1v) is 8.18. The highest BCUT2D eigenvalue weighted by Crippen LogP contribution is 2.32. The molecule has 0 aliphatic rings. The summed E-state index contributed by atoms with van der Waals surface area (Å²) in [6.45, 7) is 1.88. The molecule has 0 unspecified atom stereocenters. The van der Waals surface area contributed by atoms with Gasteiger partial charge in [-0.1, -0.05) is 23.7 Å². The first-order valence-electron chi connectivity index (χ1n) is 7.80. The van der Waals surface area contributed by atoms with Crippen LogP contribution in [0.2, 0.25) is 5.02 Å². The molecule has 0 bridgehead atoms. The number of nitrogens with zero attached hydrogens (tertiary/aromatic N) is 2. The minimum absolute atomic E-state index is 0.0257. The van der Waals surface area contributed by atoms with Crippen molar-refractivity contribution in [3.8, 4) is 0 Å². The quantitative estimate of drug-likeness (QED) is 0.371. The third-order valence-electron chi connectivity index (χ3n) is 3.90. The molecule has 0 spiro atoms. The molecule has 0 atom stereocenters. The van der Waals surface area contributed by atoms with Crippen LogP contribution >= 0.6 is 11.6 Å². The van der Waals surface area contributed by atoms with Crippen molar-refractivity contribution < 1.29 is 18.8 Å². The van der Waals surface area contributed by atoms with Gasteiger partial charge in [0.1, 0.15) is 11.5 Å². The Balaban J connectivity index is 2.26. The van der Waals surface area contributed by atoms with Gasteiger partial charge in [0.25, 0.3) is 5.69 Å². The average Bonchev–Trinajstić information content (AvgIpc) is 2.95. The molecular formula is C18H14ClFN2O4. The average molecular weight is 377 g/mol. The van der Waals surface area contributed by atoms with Crippen LogP contribution in [0.15, 0.2) is 42.5 Å². The second kappa shape index (κ2) is 7.13. The Bertz CT molecular complexity index is 1020. The summed E-state index contributed by atoms with van der Waals surface area (Å²) >= 11 is 5.99. The number of nitro groups is 1. The summed E-state index contributed by atoms with van der Waals surface area (Å²) in [5.41, 5.74) is 0.445. The predicted molar refractivity (Wildman–Crippen MR) is 95.1 cm³/mol. The second-order valence-electron chi connectivity index (χ2n) is 5.55. The first kappa shape index (κ1) is 17.9. The van der Waals surface area contributed by atoms with Gasteiger partial charge in [0.05, 0.1) is 22.4 Å². The van der Waals surface area contributed by atoms with Crippen LogP contribution in [0.4, 0.5) is 10.1 Å². The molecule has 134 valence electrons. The van der Waals surface area contributed by atoms with Crippen molar-refractivity contribution in [2.24, 2.45) is 0 Å². The van der Waals surface area contributed by atoms with E-state index < -0.39 is 16.7 Å². The van der Waals surface area contributed by atoms with E-state index in [4.69, 9.17) is 16.3 Å². The van der Waals surface area contributed by atoms with Gasteiger partial charge in [-0.25, -0.2) is 9.18 Å². The fourth-order valence-corrected chi connectivity index (χ4v) is 3.05. The van der Waals surface area contributed by atoms with Crippen LogP contribution in [-0.4, -0.2) is 22.1 Å². The van der Waals surface area contributed by atoms with Crippen molar-refractivity contribution in [1.29, 1.82) is 0 Å². The number of carbonyl (C=O) groups is 1. The van der Waals surface area contributed by atoms with E-state index in [0.29, 0.717) is 10.6 Å². The first-order chi connectivity index (χ1) is 12.4. The van der Waals surface area contributed by atoms with E-state index >= 15 is 0 Å². The van der Waals surface area contributed by atoms with Crippen molar-refractivity contribution >= 4 is 34.2 Å². The molecule has 0 radical (unpaired) electrons. The maximum atomic E-state index is 14.5. The molecule has 26 heavy (non-hydrogen) atoms. The zero-order valence-electron chi connectivity index (χ0n) is 13.7. The smallest absolute Gasteiger partial charge is 0.354 e. The van der Waals surface area contributed by atoms with Gasteiger partial charge in [-0.2, -0.15) is 0 Å². The lowest BCUT2D eigenvalue weighted by atomic mass is 10.2. The number of fused-ring (bicyclic) bond motifs is 1. The third-order valence-corrected chi connectivity index (χ3v) is 4.13. The molecule has 0 saturated heterocycles. The van der Waals surface area contributed by atoms with E-state index in [1.165, 1.54) is 10.6 Å². The van der Waals surface area contributed by atoms with E-state index in [0.717, 1.165) is 12.1 Å². The molecule has 3 aromatic rings. The molecule has 2 aromatic carbocycles. The lowest BCUT2D eigenvalue weighted by Crippen LogP contribution is -2.13. The predicted octanol–water partition coefficient (Wildman–Crippen LogP) is 4.57. The zero-order chi connectivity index (χ0) is 18.8. The molecule has 0 N–H and O–H groups in total. The molecule has 3 rings (SSSR count). The van der Waals surface area contributed by atoms with Gasteiger partial charge in [0.2, 0.25) is 0 Å². The molecular weight excluding hydrogens is 363 g/mol. The van der Waals surface area contributed by atoms with Crippen molar-refractivity contribution in [3.63, 3.8) is 0 Å². The zero-order valence-corrected chi connectivity index (χ0v) is 14.5. The van der Waals surface area contributed by atoms with Gasteiger partial charge in [0, 0.05) is 17.6 Å². The topological polar surface area (TPSA) is 74.4 Å². The van der Waals surface area contributed by atoms with Gasteiger partial charge in [-0.3, -0.25) is 10.1 Å². The highest BCUT2D eigenvalue weighted by molar-refractivity contribution is 6.30. The molecule has 6 nitrogen and oxygen atoms in total. The number of non-ortho nitro benzene ring substituents is 1. The summed E-state index contributed by atoms with van der Waals surface area (Å²) in [5, 5.41) is 11.8. The Hall–Kier alpha value is -2.93. The Kier molecular flexibility index (Phi) is 4.90. The summed E-state index contributed by atoms with van der Waals surface area (Å²) in [6, 6.07) is 10.3. The number of halogens is 2. The van der Waals surface area contributed by atoms with Crippen LogP contribution in [0.3, 0.4) is 0 Å². The highest BCUT2D eigenvalue weighted by Gasteiger charge is 2.25. The molecule has 0 aliphatic heterocycles. The maximum absolute atomic E-state index is 14.5. The number of nitro benzene ring substituents is 1. The largest absolute Gasteiger partial charge is 0.461 e. The Morgan fingerprint density at radius 3 is 2.73 bits per heavy atom. The molecule has 0 aliphatic carbocycles. The van der Waals surface area contributed by atoms with Crippen molar-refractivity contribution in [2.75, 3.05) is 6.61 Å². The number of hydrogen-bond acceptors (Lipinski definition) is 4. The SMILES string of the molecule is CCOC(=O)c1cc2c([N+](=O)[O-])ccc(F)c2n1Cc1cccc(Cl)c1. The van der Waals surface area contributed by atoms with Gasteiger partial charge >= 0.3 is 5.97 Å². The normalized spacial score (nSPS) is 10.9. The Labute approximate surface area is 152 Å². The van der Waals surface area contributed by atoms with E-state index in [1.807, 2.05) is 0 Å². The summed E-state index contributed by atoms with van der Waals surface area (Å²) < 4.78 is 20.9. The Morgan fingerprint density at radius 1 is 1.31 bits per heavy atom. The molecule has 0 amide bonds. The van der Waals surface area contributed by atoms with Crippen LogP contribution in [-0.2, 0) is 11.3 Å². The maximum Gasteiger partial charge on any atom is 0.354 e. The van der Waals surface area contributed by atoms with Crippen LogP contribution < -0.4 is 0 Å². The third kappa shape index (κ3) is 3.25. The van der Waals surface area contributed by atoms with Crippen molar-refractivity contribution in [2.45, 2.75) is 13.5 Å². The van der Waals surface area contributed by atoms with Crippen LogP contribution in [0.25, 0.3) is 10.9 Å². The summed E-state index contributed by atoms with van der Waals surface area (Å²) in [7, 11) is 0. The summed E-state index contributed by atoms with van der Waals surface area (Å²) in [6.07, 6.45) is 0. The molecule has 8 heteroatoms. The summed E-state index contributed by atoms with van der Waals surface area (Å²) in [4.78, 5) is 23.0. The van der Waals surface area contributed by atoms with Gasteiger partial charge in [-0.15, -0.1) is 0 Å². The molecule has 0 fully saturated rings. The number of rotatable bonds is 5. The number of esters is 1. The fraction of sp³-hybridized carbons (Fsp3) is 0.167. The van der Waals surface area contributed by atoms with Gasteiger partial charge in [0.15, 0.2) is 0 Å². The molecule has 1 aromatic heterocycles. The number of carbonyl (C=O) groups excluding carboxylic acids is 1. The standard InChI is InChI=1S/C18H14ClFN2O4/c1-2-26-18(23)16-9-13-15(22(24)25)7-6-14(20)17(13)21(16)10-11-4-3-5-12(19)8-11/h3-9H,2,10H2,1H3. The van der Waals surface area contributed by atoms with E-state index in [-0.39, 0.29) is 35.4 Å². The molecule has 0 saturated carbocycles. The molecule has 1 heterocycles. The second-order valence-corrected chi connectivity index (χ2v) is 5.99. The Morgan fingerprint density at radius 2 is 2.08 bits per heavy atom. The van der Waals surface area contributed by atoms with Crippen LogP contribution in [0.5, 0.6) is 0 Å². The van der Waals surface area contributed by atoms with Gasteiger partial charge < -0.3 is 9.30 Å². The van der Waals surface area contributed by atoms with E-state index in [1.54, 1.807) is 31.2 Å². The number of benzene rings is 2. The lowest BCUT2D eigenvalue weighted by Gasteiger charge is -2.11. The van der Waals surface area contributed by atoms with E-state index in [2.05, 4.69) is 0 Å². The van der Waals surface area contributed by atoms with Crippen LogP contribution in [0.1, 0.15) is 23.0 Å². The van der Waals surface area contributed by atoms with E-state index in [9.17, 15) is 19.3 Å².